The number of hydrogen-bond donors (Lipinski definition) is 1. The van der Waals surface area contributed by atoms with Crippen molar-refractivity contribution in [1.29, 1.82) is 0 Å². The Morgan fingerprint density at radius 1 is 1.08 bits per heavy atom. The van der Waals surface area contributed by atoms with Crippen LogP contribution in [0.15, 0.2) is 36.7 Å². The van der Waals surface area contributed by atoms with E-state index < -0.39 is 24.1 Å². The minimum absolute atomic E-state index is 0.0868. The van der Waals surface area contributed by atoms with E-state index >= 15 is 0 Å². The van der Waals surface area contributed by atoms with Gasteiger partial charge in [0, 0.05) is 31.0 Å². The summed E-state index contributed by atoms with van der Waals surface area (Å²) in [7, 11) is 0. The molecular weight excluding hydrogens is 475 g/mol. The van der Waals surface area contributed by atoms with Crippen molar-refractivity contribution in [3.05, 3.63) is 53.6 Å². The van der Waals surface area contributed by atoms with Crippen molar-refractivity contribution in [2.75, 3.05) is 18.0 Å². The zero-order chi connectivity index (χ0) is 25.3. The summed E-state index contributed by atoms with van der Waals surface area (Å²) in [4.78, 5) is 28.5. The molecule has 2 fully saturated rings. The fraction of sp³-hybridized carbons (Fsp3) is 0.458. The standard InChI is InChI=1S/C24H26F3N7O2/c1-15(30-21(35)18-12-17(16-6-7-16)13-19(14-18)36-24(25,26)27)20-31-23(33-10-3-2-4-11-33)32-34(20)22-28-8-5-9-29-22/h5,8-9,12-16H,2-4,6-7,10-11H2,1H3,(H,30,35). The molecule has 1 saturated carbocycles. The topological polar surface area (TPSA) is 98.1 Å². The van der Waals surface area contributed by atoms with Gasteiger partial charge in [-0.1, -0.05) is 0 Å². The molecule has 0 spiro atoms. The normalized spacial score (nSPS) is 17.1. The second-order valence-electron chi connectivity index (χ2n) is 9.09. The summed E-state index contributed by atoms with van der Waals surface area (Å²) in [6.45, 7) is 3.39. The number of amides is 1. The highest BCUT2D eigenvalue weighted by atomic mass is 19.4. The molecular formula is C24H26F3N7O2. The van der Waals surface area contributed by atoms with Crippen molar-refractivity contribution in [3.63, 3.8) is 0 Å². The van der Waals surface area contributed by atoms with Crippen LogP contribution >= 0.6 is 0 Å². The number of halogens is 3. The van der Waals surface area contributed by atoms with Crippen LogP contribution in [0.1, 0.15) is 72.7 Å². The lowest BCUT2D eigenvalue weighted by Gasteiger charge is -2.25. The first kappa shape index (κ1) is 24.0. The summed E-state index contributed by atoms with van der Waals surface area (Å²) >= 11 is 0. The fourth-order valence-corrected chi connectivity index (χ4v) is 4.31. The average Bonchev–Trinajstić information content (AvgIpc) is 3.62. The fourth-order valence-electron chi connectivity index (χ4n) is 4.31. The first-order valence-corrected chi connectivity index (χ1v) is 12.0. The number of benzene rings is 1. The number of anilines is 1. The van der Waals surface area contributed by atoms with Crippen molar-refractivity contribution in [2.45, 2.75) is 57.3 Å². The second-order valence-corrected chi connectivity index (χ2v) is 9.09. The van der Waals surface area contributed by atoms with E-state index in [0.29, 0.717) is 23.3 Å². The van der Waals surface area contributed by atoms with Gasteiger partial charge < -0.3 is 15.0 Å². The van der Waals surface area contributed by atoms with Gasteiger partial charge in [0.2, 0.25) is 5.95 Å². The van der Waals surface area contributed by atoms with Gasteiger partial charge >= 0.3 is 6.36 Å². The van der Waals surface area contributed by atoms with E-state index in [2.05, 4.69) is 35.0 Å². The number of carbonyl (C=O) groups is 1. The highest BCUT2D eigenvalue weighted by Gasteiger charge is 2.33. The molecule has 2 aromatic heterocycles. The largest absolute Gasteiger partial charge is 0.573 e. The highest BCUT2D eigenvalue weighted by Crippen LogP contribution is 2.42. The zero-order valence-electron chi connectivity index (χ0n) is 19.7. The van der Waals surface area contributed by atoms with Crippen LogP contribution in [0.25, 0.3) is 5.95 Å². The van der Waals surface area contributed by atoms with Crippen molar-refractivity contribution in [1.82, 2.24) is 30.0 Å². The molecule has 9 nitrogen and oxygen atoms in total. The third kappa shape index (κ3) is 5.58. The quantitative estimate of drug-likeness (QED) is 0.515. The van der Waals surface area contributed by atoms with E-state index in [9.17, 15) is 18.0 Å². The van der Waals surface area contributed by atoms with Gasteiger partial charge in [0.25, 0.3) is 11.9 Å². The van der Waals surface area contributed by atoms with Gasteiger partial charge in [0.1, 0.15) is 5.75 Å². The Bertz CT molecular complexity index is 1220. The second kappa shape index (κ2) is 9.75. The minimum atomic E-state index is -4.85. The Kier molecular flexibility index (Phi) is 6.50. The first-order valence-electron chi connectivity index (χ1n) is 12.0. The molecule has 0 bridgehead atoms. The van der Waals surface area contributed by atoms with Gasteiger partial charge in [-0.05, 0) is 74.8 Å². The number of aromatic nitrogens is 5. The van der Waals surface area contributed by atoms with E-state index in [1.54, 1.807) is 31.5 Å². The molecule has 1 aliphatic carbocycles. The van der Waals surface area contributed by atoms with Crippen molar-refractivity contribution in [3.8, 4) is 11.7 Å². The van der Waals surface area contributed by atoms with Crippen molar-refractivity contribution < 1.29 is 22.7 Å². The van der Waals surface area contributed by atoms with Gasteiger partial charge in [0.05, 0.1) is 6.04 Å². The maximum absolute atomic E-state index is 13.2. The number of ether oxygens (including phenoxy) is 1. The van der Waals surface area contributed by atoms with Crippen LogP contribution in [0.3, 0.4) is 0 Å². The maximum Gasteiger partial charge on any atom is 0.573 e. The lowest BCUT2D eigenvalue weighted by Crippen LogP contribution is -2.30. The van der Waals surface area contributed by atoms with Crippen LogP contribution in [0.2, 0.25) is 0 Å². The van der Waals surface area contributed by atoms with Crippen LogP contribution in [-0.2, 0) is 0 Å². The van der Waals surface area contributed by atoms with Gasteiger partial charge in [-0.3, -0.25) is 4.79 Å². The molecule has 1 saturated heterocycles. The summed E-state index contributed by atoms with van der Waals surface area (Å²) in [5.41, 5.74) is 0.742. The van der Waals surface area contributed by atoms with Gasteiger partial charge in [-0.15, -0.1) is 18.3 Å². The maximum atomic E-state index is 13.2. The molecule has 1 amide bonds. The van der Waals surface area contributed by atoms with E-state index in [1.165, 1.54) is 10.7 Å². The first-order chi connectivity index (χ1) is 17.3. The number of piperidine rings is 1. The molecule has 3 aromatic rings. The summed E-state index contributed by atoms with van der Waals surface area (Å²) in [5, 5.41) is 7.46. The lowest BCUT2D eigenvalue weighted by molar-refractivity contribution is -0.274. The molecule has 1 aromatic carbocycles. The van der Waals surface area contributed by atoms with Crippen LogP contribution in [0.5, 0.6) is 5.75 Å². The minimum Gasteiger partial charge on any atom is -0.406 e. The summed E-state index contributed by atoms with van der Waals surface area (Å²) in [6, 6.07) is 5.12. The Morgan fingerprint density at radius 2 is 1.81 bits per heavy atom. The van der Waals surface area contributed by atoms with E-state index in [4.69, 9.17) is 0 Å². The molecule has 0 radical (unpaired) electrons. The van der Waals surface area contributed by atoms with Crippen LogP contribution in [0, 0.1) is 0 Å². The van der Waals surface area contributed by atoms with E-state index in [0.717, 1.165) is 51.3 Å². The van der Waals surface area contributed by atoms with Crippen molar-refractivity contribution >= 4 is 11.9 Å². The lowest BCUT2D eigenvalue weighted by atomic mass is 10.1. The predicted octanol–water partition coefficient (Wildman–Crippen LogP) is 4.31. The zero-order valence-corrected chi connectivity index (χ0v) is 19.7. The predicted molar refractivity (Wildman–Crippen MR) is 124 cm³/mol. The number of nitrogens with zero attached hydrogens (tertiary/aromatic N) is 6. The summed E-state index contributed by atoms with van der Waals surface area (Å²) in [5.74, 6) is 0.435. The number of alkyl halides is 3. The molecule has 190 valence electrons. The SMILES string of the molecule is CC(NC(=O)c1cc(OC(F)(F)F)cc(C2CC2)c1)c1nc(N2CCCCC2)nn1-c1ncccn1. The number of carbonyl (C=O) groups excluding carboxylic acids is 1. The Morgan fingerprint density at radius 3 is 2.47 bits per heavy atom. The molecule has 1 unspecified atom stereocenters. The third-order valence-electron chi connectivity index (χ3n) is 6.21. The number of hydrogen-bond acceptors (Lipinski definition) is 7. The van der Waals surface area contributed by atoms with Gasteiger partial charge in [-0.25, -0.2) is 9.97 Å². The molecule has 1 N–H and O–H groups in total. The molecule has 1 aliphatic heterocycles. The Balaban J connectivity index is 1.42. The molecule has 1 atom stereocenters. The number of nitrogens with one attached hydrogen (secondary N) is 1. The highest BCUT2D eigenvalue weighted by molar-refractivity contribution is 5.95. The Labute approximate surface area is 205 Å². The molecule has 3 heterocycles. The van der Waals surface area contributed by atoms with Gasteiger partial charge in [0.15, 0.2) is 5.82 Å². The van der Waals surface area contributed by atoms with E-state index in [1.807, 2.05) is 0 Å². The number of rotatable bonds is 7. The average molecular weight is 502 g/mol. The monoisotopic (exact) mass is 501 g/mol. The van der Waals surface area contributed by atoms with Crippen molar-refractivity contribution in [2.24, 2.45) is 0 Å². The summed E-state index contributed by atoms with van der Waals surface area (Å²) in [6.07, 6.45) is 3.29. The van der Waals surface area contributed by atoms with Crippen LogP contribution in [-0.4, -0.2) is 50.1 Å². The third-order valence-corrected chi connectivity index (χ3v) is 6.21. The Hall–Kier alpha value is -3.70. The van der Waals surface area contributed by atoms with Crippen LogP contribution in [0.4, 0.5) is 19.1 Å². The van der Waals surface area contributed by atoms with E-state index in [-0.39, 0.29) is 11.5 Å². The van der Waals surface area contributed by atoms with Gasteiger partial charge in [-0.2, -0.15) is 9.67 Å². The molecule has 12 heteroatoms. The smallest absolute Gasteiger partial charge is 0.406 e. The molecule has 5 rings (SSSR count). The summed E-state index contributed by atoms with van der Waals surface area (Å²) < 4.78 is 44.2. The molecule has 36 heavy (non-hydrogen) atoms. The molecule has 2 aliphatic rings. The van der Waals surface area contributed by atoms with Crippen LogP contribution < -0.4 is 15.0 Å².